The lowest BCUT2D eigenvalue weighted by Crippen LogP contribution is -2.56. The van der Waals surface area contributed by atoms with Crippen molar-refractivity contribution in [2.24, 2.45) is 0 Å². The number of hydrogen-bond donors (Lipinski definition) is 1. The summed E-state index contributed by atoms with van der Waals surface area (Å²) in [4.78, 5) is 24.3. The number of halogens is 1. The average Bonchev–Trinajstić information content (AvgIpc) is 3.06. The fourth-order valence-electron chi connectivity index (χ4n) is 5.95. The molecule has 3 aliphatic heterocycles. The van der Waals surface area contributed by atoms with Crippen LogP contribution in [0.15, 0.2) is 73.2 Å². The van der Waals surface area contributed by atoms with Gasteiger partial charge >= 0.3 is 0 Å². The Bertz CT molecular complexity index is 1640. The molecule has 2 unspecified atom stereocenters. The number of pyridine rings is 1. The summed E-state index contributed by atoms with van der Waals surface area (Å²) in [6, 6.07) is 21.7. The number of rotatable bonds is 8. The summed E-state index contributed by atoms with van der Waals surface area (Å²) >= 11 is 0. The van der Waals surface area contributed by atoms with Gasteiger partial charge in [-0.3, -0.25) is 4.90 Å². The van der Waals surface area contributed by atoms with Gasteiger partial charge in [-0.2, -0.15) is 10.2 Å². The van der Waals surface area contributed by atoms with E-state index in [4.69, 9.17) is 9.47 Å². The smallest absolute Gasteiger partial charge is 0.230 e. The first kappa shape index (κ1) is 28.9. The van der Waals surface area contributed by atoms with Gasteiger partial charge in [0, 0.05) is 62.3 Å². The molecule has 1 N–H and O–H groups in total. The van der Waals surface area contributed by atoms with Crippen LogP contribution in [0.25, 0.3) is 11.4 Å². The highest BCUT2D eigenvalue weighted by atomic mass is 19.1. The van der Waals surface area contributed by atoms with Crippen molar-refractivity contribution in [1.29, 1.82) is 5.26 Å². The average molecular weight is 608 g/mol. The van der Waals surface area contributed by atoms with Crippen LogP contribution in [-0.4, -0.2) is 95.6 Å². The summed E-state index contributed by atoms with van der Waals surface area (Å²) in [5.74, 6) is 1.89. The van der Waals surface area contributed by atoms with Gasteiger partial charge in [0.15, 0.2) is 12.0 Å². The van der Waals surface area contributed by atoms with Crippen molar-refractivity contribution in [3.05, 3.63) is 78.8 Å². The Labute approximate surface area is 261 Å². The molecule has 0 aliphatic carbocycles. The second-order valence-corrected chi connectivity index (χ2v) is 11.4. The van der Waals surface area contributed by atoms with E-state index < -0.39 is 12.3 Å². The Balaban J connectivity index is 0.975. The molecule has 3 aliphatic rings. The molecule has 3 fully saturated rings. The van der Waals surface area contributed by atoms with Gasteiger partial charge in [0.1, 0.15) is 30.1 Å². The van der Waals surface area contributed by atoms with Crippen LogP contribution < -0.4 is 19.9 Å². The summed E-state index contributed by atoms with van der Waals surface area (Å²) in [5, 5.41) is 13.1. The maximum Gasteiger partial charge on any atom is 0.230 e. The van der Waals surface area contributed by atoms with Crippen LogP contribution >= 0.6 is 0 Å². The SMILES string of the molecule is N#Cc1cc(-c2ncnc(Nc3ccc(N4CCN(C5COC5)CC4)cc3)n2)ccc1OC1CCN(c2ccccn2)CC1F. The second kappa shape index (κ2) is 13.0. The van der Waals surface area contributed by atoms with Gasteiger partial charge in [0.25, 0.3) is 0 Å². The van der Waals surface area contributed by atoms with Crippen LogP contribution in [0.5, 0.6) is 5.75 Å². The van der Waals surface area contributed by atoms with Gasteiger partial charge < -0.3 is 24.6 Å². The van der Waals surface area contributed by atoms with Crippen LogP contribution in [0.4, 0.5) is 27.5 Å². The largest absolute Gasteiger partial charge is 0.486 e. The lowest BCUT2D eigenvalue weighted by Gasteiger charge is -2.43. The Morgan fingerprint density at radius 1 is 0.933 bits per heavy atom. The minimum atomic E-state index is -1.23. The van der Waals surface area contributed by atoms with E-state index in [0.29, 0.717) is 47.7 Å². The number of alkyl halides is 1. The number of piperazine rings is 1. The predicted octanol–water partition coefficient (Wildman–Crippen LogP) is 4.07. The van der Waals surface area contributed by atoms with E-state index in [-0.39, 0.29) is 6.54 Å². The van der Waals surface area contributed by atoms with Gasteiger partial charge in [0.2, 0.25) is 5.95 Å². The minimum absolute atomic E-state index is 0.179. The second-order valence-electron chi connectivity index (χ2n) is 11.4. The molecule has 2 aromatic carbocycles. The van der Waals surface area contributed by atoms with Gasteiger partial charge in [-0.05, 0) is 54.6 Å². The zero-order valence-corrected chi connectivity index (χ0v) is 24.8. The summed E-state index contributed by atoms with van der Waals surface area (Å²) in [6.45, 7) is 6.58. The molecule has 0 amide bonds. The molecule has 230 valence electrons. The lowest BCUT2D eigenvalue weighted by molar-refractivity contribution is -0.0660. The van der Waals surface area contributed by atoms with Crippen molar-refractivity contribution in [3.63, 3.8) is 0 Å². The van der Waals surface area contributed by atoms with Crippen LogP contribution in [0, 0.1) is 11.3 Å². The number of piperidine rings is 1. The standard InChI is InChI=1S/C33H34FN9O2/c34-28-19-43(31-3-1-2-11-36-31)12-10-30(28)45-29-9-4-23(17-24(29)18-35)32-37-22-38-33(40-32)39-25-5-7-26(8-6-25)41-13-15-42(16-14-41)27-20-44-21-27/h1-9,11,17,22,27-28,30H,10,12-16,19-21H2,(H,37,38,39,40). The minimum Gasteiger partial charge on any atom is -0.486 e. The maximum atomic E-state index is 15.1. The van der Waals surface area contributed by atoms with E-state index in [2.05, 4.69) is 53.3 Å². The highest BCUT2D eigenvalue weighted by molar-refractivity contribution is 5.64. The Morgan fingerprint density at radius 2 is 1.78 bits per heavy atom. The molecule has 0 saturated carbocycles. The van der Waals surface area contributed by atoms with E-state index in [1.54, 1.807) is 24.4 Å². The summed E-state index contributed by atoms with van der Waals surface area (Å²) in [7, 11) is 0. The molecule has 2 aromatic heterocycles. The number of nitriles is 1. The highest BCUT2D eigenvalue weighted by Crippen LogP contribution is 2.29. The summed E-state index contributed by atoms with van der Waals surface area (Å²) in [5.41, 5.74) is 2.97. The number of benzene rings is 2. The van der Waals surface area contributed by atoms with E-state index in [1.807, 2.05) is 35.2 Å². The van der Waals surface area contributed by atoms with Crippen molar-refractivity contribution in [3.8, 4) is 23.2 Å². The summed E-state index contributed by atoms with van der Waals surface area (Å²) in [6.07, 6.45) is 1.72. The molecule has 11 nitrogen and oxygen atoms in total. The van der Waals surface area contributed by atoms with Crippen LogP contribution in [-0.2, 0) is 4.74 Å². The third-order valence-corrected chi connectivity index (χ3v) is 8.60. The summed E-state index contributed by atoms with van der Waals surface area (Å²) < 4.78 is 26.5. The van der Waals surface area contributed by atoms with E-state index >= 15 is 4.39 Å². The number of hydrogen-bond acceptors (Lipinski definition) is 11. The number of ether oxygens (including phenoxy) is 2. The van der Waals surface area contributed by atoms with Crippen molar-refractivity contribution in [1.82, 2.24) is 24.8 Å². The third-order valence-electron chi connectivity index (χ3n) is 8.60. The molecular formula is C33H34FN9O2. The van der Waals surface area contributed by atoms with Gasteiger partial charge in [-0.25, -0.2) is 19.3 Å². The molecule has 0 spiro atoms. The number of nitrogens with zero attached hydrogens (tertiary/aromatic N) is 8. The number of aromatic nitrogens is 4. The number of nitrogens with one attached hydrogen (secondary N) is 1. The first-order chi connectivity index (χ1) is 22.1. The van der Waals surface area contributed by atoms with Gasteiger partial charge in [-0.1, -0.05) is 6.07 Å². The topological polar surface area (TPSA) is 116 Å². The first-order valence-corrected chi connectivity index (χ1v) is 15.3. The third kappa shape index (κ3) is 6.50. The van der Waals surface area contributed by atoms with Crippen LogP contribution in [0.3, 0.4) is 0 Å². The lowest BCUT2D eigenvalue weighted by atomic mass is 10.0. The molecule has 5 heterocycles. The quantitative estimate of drug-likeness (QED) is 0.313. The molecule has 45 heavy (non-hydrogen) atoms. The van der Waals surface area contributed by atoms with Crippen molar-refractivity contribution >= 4 is 23.1 Å². The van der Waals surface area contributed by atoms with E-state index in [1.165, 1.54) is 12.0 Å². The Hall–Kier alpha value is -4.86. The maximum absolute atomic E-state index is 15.1. The van der Waals surface area contributed by atoms with Crippen molar-refractivity contribution in [2.75, 3.05) is 67.6 Å². The fourth-order valence-corrected chi connectivity index (χ4v) is 5.95. The Morgan fingerprint density at radius 3 is 2.49 bits per heavy atom. The monoisotopic (exact) mass is 607 g/mol. The molecular weight excluding hydrogens is 573 g/mol. The van der Waals surface area contributed by atoms with E-state index in [0.717, 1.165) is 50.9 Å². The normalized spacial score (nSPS) is 20.7. The highest BCUT2D eigenvalue weighted by Gasteiger charge is 2.32. The predicted molar refractivity (Wildman–Crippen MR) is 168 cm³/mol. The Kier molecular flexibility index (Phi) is 8.35. The van der Waals surface area contributed by atoms with Crippen molar-refractivity contribution < 1.29 is 13.9 Å². The molecule has 12 heteroatoms. The van der Waals surface area contributed by atoms with Crippen LogP contribution in [0.1, 0.15) is 12.0 Å². The number of anilines is 4. The molecule has 2 atom stereocenters. The van der Waals surface area contributed by atoms with Gasteiger partial charge in [-0.15, -0.1) is 0 Å². The van der Waals surface area contributed by atoms with Gasteiger partial charge in [0.05, 0.1) is 31.4 Å². The molecule has 0 radical (unpaired) electrons. The zero-order chi connectivity index (χ0) is 30.6. The zero-order valence-electron chi connectivity index (χ0n) is 24.8. The van der Waals surface area contributed by atoms with E-state index in [9.17, 15) is 5.26 Å². The molecule has 3 saturated heterocycles. The van der Waals surface area contributed by atoms with Crippen LogP contribution in [0.2, 0.25) is 0 Å². The first-order valence-electron chi connectivity index (χ1n) is 15.3. The molecule has 7 rings (SSSR count). The fraction of sp³-hybridized carbons (Fsp3) is 0.364. The molecule has 0 bridgehead atoms. The molecule has 4 aromatic rings. The van der Waals surface area contributed by atoms with Crippen molar-refractivity contribution in [2.45, 2.75) is 24.7 Å².